The lowest BCUT2D eigenvalue weighted by Crippen LogP contribution is -2.04. The molecule has 5 nitrogen and oxygen atoms in total. The van der Waals surface area contributed by atoms with Crippen molar-refractivity contribution in [2.75, 3.05) is 5.32 Å². The molecule has 2 aromatic rings. The van der Waals surface area contributed by atoms with E-state index in [0.29, 0.717) is 17.2 Å². The Balaban J connectivity index is 2.35. The highest BCUT2D eigenvalue weighted by Crippen LogP contribution is 2.33. The number of aryl methyl sites for hydroxylation is 1. The Kier molecular flexibility index (Phi) is 3.06. The number of hydrogen-bond acceptors (Lipinski definition) is 5. The molecule has 2 rings (SSSR count). The summed E-state index contributed by atoms with van der Waals surface area (Å²) < 4.78 is 5.31. The van der Waals surface area contributed by atoms with Crippen molar-refractivity contribution in [2.45, 2.75) is 13.8 Å². The Labute approximate surface area is 101 Å². The summed E-state index contributed by atoms with van der Waals surface area (Å²) in [7, 11) is 0. The second-order valence-corrected chi connectivity index (χ2v) is 4.43. The minimum absolute atomic E-state index is 0.168. The predicted molar refractivity (Wildman–Crippen MR) is 64.2 cm³/mol. The van der Waals surface area contributed by atoms with Gasteiger partial charge in [0, 0.05) is 6.92 Å². The maximum absolute atomic E-state index is 10.9. The molecule has 0 radical (unpaired) electrons. The first-order valence-electron chi connectivity index (χ1n) is 4.90. The fourth-order valence-electron chi connectivity index (χ4n) is 1.37. The Morgan fingerprint density at radius 2 is 2.29 bits per heavy atom. The summed E-state index contributed by atoms with van der Waals surface area (Å²) in [6.07, 6.45) is 0.647. The van der Waals surface area contributed by atoms with Gasteiger partial charge in [-0.05, 0) is 19.1 Å². The molecule has 0 fully saturated rings. The number of carbonyl (C=O) groups excluding carboxylic acids is 2. The van der Waals surface area contributed by atoms with Crippen LogP contribution in [0.5, 0.6) is 0 Å². The van der Waals surface area contributed by atoms with E-state index in [4.69, 9.17) is 4.42 Å². The number of aldehydes is 1. The molecule has 0 aromatic carbocycles. The lowest BCUT2D eigenvalue weighted by Gasteiger charge is -1.92. The van der Waals surface area contributed by atoms with Crippen molar-refractivity contribution >= 4 is 28.7 Å². The van der Waals surface area contributed by atoms with Gasteiger partial charge in [-0.25, -0.2) is 4.98 Å². The summed E-state index contributed by atoms with van der Waals surface area (Å²) >= 11 is 1.31. The van der Waals surface area contributed by atoms with Gasteiger partial charge in [0.2, 0.25) is 5.91 Å². The van der Waals surface area contributed by atoms with E-state index in [1.165, 1.54) is 18.3 Å². The average molecular weight is 250 g/mol. The molecule has 0 saturated heterocycles. The number of nitrogens with one attached hydrogen (secondary N) is 1. The summed E-state index contributed by atoms with van der Waals surface area (Å²) in [5.74, 6) is 0.686. The van der Waals surface area contributed by atoms with Crippen LogP contribution in [-0.2, 0) is 4.79 Å². The van der Waals surface area contributed by atoms with Crippen LogP contribution in [0.2, 0.25) is 0 Å². The quantitative estimate of drug-likeness (QED) is 0.849. The van der Waals surface area contributed by atoms with Gasteiger partial charge in [0.25, 0.3) is 0 Å². The maximum Gasteiger partial charge on any atom is 0.223 e. The molecule has 0 aliphatic carbocycles. The first kappa shape index (κ1) is 11.5. The van der Waals surface area contributed by atoms with Gasteiger partial charge >= 0.3 is 0 Å². The van der Waals surface area contributed by atoms with Gasteiger partial charge in [-0.1, -0.05) is 11.3 Å². The van der Waals surface area contributed by atoms with Crippen LogP contribution in [0.1, 0.15) is 23.2 Å². The molecule has 1 N–H and O–H groups in total. The number of aromatic nitrogens is 1. The van der Waals surface area contributed by atoms with Crippen LogP contribution in [0.15, 0.2) is 16.5 Å². The van der Waals surface area contributed by atoms with Crippen LogP contribution in [-0.4, -0.2) is 17.2 Å². The van der Waals surface area contributed by atoms with Crippen LogP contribution in [0.4, 0.5) is 5.13 Å². The molecule has 2 aromatic heterocycles. The minimum Gasteiger partial charge on any atom is -0.452 e. The Hall–Kier alpha value is -1.95. The lowest BCUT2D eigenvalue weighted by atomic mass is 10.3. The molecule has 0 saturated carbocycles. The van der Waals surface area contributed by atoms with Crippen LogP contribution >= 0.6 is 11.3 Å². The minimum atomic E-state index is -0.168. The van der Waals surface area contributed by atoms with Crippen molar-refractivity contribution in [3.05, 3.63) is 23.6 Å². The zero-order valence-electron chi connectivity index (χ0n) is 9.31. The number of carbonyl (C=O) groups is 2. The highest BCUT2D eigenvalue weighted by molar-refractivity contribution is 7.19. The van der Waals surface area contributed by atoms with E-state index in [0.717, 1.165) is 10.6 Å². The normalized spacial score (nSPS) is 10.2. The number of nitrogens with zero attached hydrogens (tertiary/aromatic N) is 1. The summed E-state index contributed by atoms with van der Waals surface area (Å²) in [6, 6.07) is 3.31. The monoisotopic (exact) mass is 250 g/mol. The predicted octanol–water partition coefficient (Wildman–Crippen LogP) is 2.48. The van der Waals surface area contributed by atoms with Gasteiger partial charge in [-0.3, -0.25) is 9.59 Å². The third-order valence-electron chi connectivity index (χ3n) is 2.05. The van der Waals surface area contributed by atoms with Crippen molar-refractivity contribution in [1.82, 2.24) is 4.98 Å². The second-order valence-electron chi connectivity index (χ2n) is 3.43. The fraction of sp³-hybridized carbons (Fsp3) is 0.182. The van der Waals surface area contributed by atoms with Crippen molar-refractivity contribution in [3.8, 4) is 10.6 Å². The Morgan fingerprint density at radius 3 is 2.88 bits per heavy atom. The van der Waals surface area contributed by atoms with Gasteiger partial charge in [0.15, 0.2) is 17.2 Å². The smallest absolute Gasteiger partial charge is 0.223 e. The number of thiazole rings is 1. The number of amides is 1. The first-order valence-corrected chi connectivity index (χ1v) is 5.72. The second kappa shape index (κ2) is 4.50. The molecule has 2 heterocycles. The highest BCUT2D eigenvalue weighted by atomic mass is 32.1. The topological polar surface area (TPSA) is 72.2 Å². The average Bonchev–Trinajstić information content (AvgIpc) is 2.83. The van der Waals surface area contributed by atoms with Crippen LogP contribution in [0, 0.1) is 6.92 Å². The SMILES string of the molecule is CC(=O)Nc1nc(C)c(-c2ccc(C=O)o2)s1. The van der Waals surface area contributed by atoms with E-state index in [2.05, 4.69) is 10.3 Å². The third-order valence-corrected chi connectivity index (χ3v) is 3.13. The standard InChI is InChI=1S/C11H10N2O3S/c1-6-10(9-4-3-8(5-14)16-9)17-11(12-6)13-7(2)15/h3-5H,1-2H3,(H,12,13,15). The first-order chi connectivity index (χ1) is 8.10. The van der Waals surface area contributed by atoms with Gasteiger partial charge in [0.05, 0.1) is 10.6 Å². The van der Waals surface area contributed by atoms with E-state index >= 15 is 0 Å². The third kappa shape index (κ3) is 2.42. The summed E-state index contributed by atoms with van der Waals surface area (Å²) in [4.78, 5) is 26.4. The summed E-state index contributed by atoms with van der Waals surface area (Å²) in [6.45, 7) is 3.24. The number of anilines is 1. The van der Waals surface area contributed by atoms with Crippen molar-refractivity contribution < 1.29 is 14.0 Å². The largest absolute Gasteiger partial charge is 0.452 e. The van der Waals surface area contributed by atoms with E-state index in [1.807, 2.05) is 6.92 Å². The van der Waals surface area contributed by atoms with E-state index in [1.54, 1.807) is 12.1 Å². The number of rotatable bonds is 3. The summed E-state index contributed by atoms with van der Waals surface area (Å²) in [5, 5.41) is 3.14. The highest BCUT2D eigenvalue weighted by Gasteiger charge is 2.13. The van der Waals surface area contributed by atoms with Gasteiger partial charge < -0.3 is 9.73 Å². The Morgan fingerprint density at radius 1 is 1.53 bits per heavy atom. The van der Waals surface area contributed by atoms with Crippen LogP contribution in [0.25, 0.3) is 10.6 Å². The Bertz CT molecular complexity index is 571. The van der Waals surface area contributed by atoms with Crippen molar-refractivity contribution in [1.29, 1.82) is 0 Å². The fourth-order valence-corrected chi connectivity index (χ4v) is 2.34. The van der Waals surface area contributed by atoms with Crippen LogP contribution < -0.4 is 5.32 Å². The zero-order chi connectivity index (χ0) is 12.4. The molecule has 0 aliphatic heterocycles. The number of hydrogen-bond donors (Lipinski definition) is 1. The molecule has 0 spiro atoms. The summed E-state index contributed by atoms with van der Waals surface area (Å²) in [5.41, 5.74) is 0.755. The van der Waals surface area contributed by atoms with Gasteiger partial charge in [-0.2, -0.15) is 0 Å². The van der Waals surface area contributed by atoms with E-state index in [-0.39, 0.29) is 11.7 Å². The number of furan rings is 1. The van der Waals surface area contributed by atoms with Gasteiger partial charge in [-0.15, -0.1) is 0 Å². The zero-order valence-corrected chi connectivity index (χ0v) is 10.1. The van der Waals surface area contributed by atoms with Crippen molar-refractivity contribution in [3.63, 3.8) is 0 Å². The maximum atomic E-state index is 10.9. The van der Waals surface area contributed by atoms with Crippen LogP contribution in [0.3, 0.4) is 0 Å². The molecule has 0 atom stereocenters. The van der Waals surface area contributed by atoms with Crippen molar-refractivity contribution in [2.24, 2.45) is 0 Å². The molecule has 17 heavy (non-hydrogen) atoms. The molecule has 0 bridgehead atoms. The molecule has 1 amide bonds. The van der Waals surface area contributed by atoms with E-state index < -0.39 is 0 Å². The molecular formula is C11H10N2O3S. The lowest BCUT2D eigenvalue weighted by molar-refractivity contribution is -0.114. The van der Waals surface area contributed by atoms with E-state index in [9.17, 15) is 9.59 Å². The molecule has 88 valence electrons. The molecular weight excluding hydrogens is 240 g/mol. The van der Waals surface area contributed by atoms with Gasteiger partial charge in [0.1, 0.15) is 5.76 Å². The molecule has 0 aliphatic rings. The molecule has 6 heteroatoms. The molecule has 0 unspecified atom stereocenters.